The van der Waals surface area contributed by atoms with E-state index in [4.69, 9.17) is 28.4 Å². The third kappa shape index (κ3) is 50.6. The summed E-state index contributed by atoms with van der Waals surface area (Å²) in [7, 11) is 0. The minimum absolute atomic E-state index is 0.00569. The molecule has 0 saturated heterocycles. The molecule has 1 amide bonds. The fourth-order valence-electron chi connectivity index (χ4n) is 9.10. The molecule has 0 aliphatic heterocycles. The normalized spacial score (nSPS) is 15.2. The fourth-order valence-corrected chi connectivity index (χ4v) is 9.10. The van der Waals surface area contributed by atoms with E-state index >= 15 is 0 Å². The second-order valence-electron chi connectivity index (χ2n) is 21.7. The van der Waals surface area contributed by atoms with Gasteiger partial charge in [-0.25, -0.2) is 9.59 Å². The Morgan fingerprint density at radius 1 is 0.610 bits per heavy atom. The van der Waals surface area contributed by atoms with Crippen LogP contribution >= 0.6 is 0 Å². The number of nitrogens with zero attached hydrogens (tertiary/aromatic N) is 1. The molecule has 77 heavy (non-hydrogen) atoms. The molecule has 1 aliphatic carbocycles. The summed E-state index contributed by atoms with van der Waals surface area (Å²) in [6.07, 6.45) is 51.5. The minimum Gasteiger partial charge on any atom is -0.498 e. The highest BCUT2D eigenvalue weighted by Gasteiger charge is 2.21. The summed E-state index contributed by atoms with van der Waals surface area (Å²) in [6.45, 7) is 23.7. The lowest BCUT2D eigenvalue weighted by Crippen LogP contribution is -2.33. The number of ether oxygens (including phenoxy) is 6. The van der Waals surface area contributed by atoms with Gasteiger partial charge in [0.05, 0.1) is 31.0 Å². The number of carbonyl (C=O) groups is 3. The van der Waals surface area contributed by atoms with E-state index in [9.17, 15) is 14.4 Å². The maximum atomic E-state index is 13.0. The zero-order valence-electron chi connectivity index (χ0n) is 51.2. The van der Waals surface area contributed by atoms with Gasteiger partial charge in [0, 0.05) is 32.5 Å². The molecular weight excluding hydrogens is 965 g/mol. The summed E-state index contributed by atoms with van der Waals surface area (Å²) in [6, 6.07) is 0. The molecule has 11 heteroatoms. The Labute approximate surface area is 474 Å². The van der Waals surface area contributed by atoms with Crippen LogP contribution in [0.1, 0.15) is 273 Å². The zero-order valence-corrected chi connectivity index (χ0v) is 51.2. The number of amides is 1. The van der Waals surface area contributed by atoms with Gasteiger partial charge in [0.25, 0.3) is 0 Å². The van der Waals surface area contributed by atoms with Crippen LogP contribution in [0.3, 0.4) is 0 Å². The number of rotatable bonds is 50. The van der Waals surface area contributed by atoms with Crippen LogP contribution in [0.2, 0.25) is 0 Å². The van der Waals surface area contributed by atoms with E-state index in [1.807, 2.05) is 0 Å². The van der Waals surface area contributed by atoms with Crippen LogP contribution in [0.5, 0.6) is 0 Å². The molecule has 0 bridgehead atoms. The molecule has 11 nitrogen and oxygen atoms in total. The molecule has 0 aromatic heterocycles. The third-order valence-electron chi connectivity index (χ3n) is 14.5. The molecule has 1 aliphatic rings. The van der Waals surface area contributed by atoms with E-state index in [0.29, 0.717) is 31.1 Å². The Kier molecular flexibility index (Phi) is 54.9. The maximum Gasteiger partial charge on any atom is 0.508 e. The van der Waals surface area contributed by atoms with Gasteiger partial charge in [-0.2, -0.15) is 0 Å². The number of hydrogen-bond donors (Lipinski definition) is 1. The van der Waals surface area contributed by atoms with E-state index < -0.39 is 6.16 Å². The van der Waals surface area contributed by atoms with Crippen molar-refractivity contribution in [2.24, 2.45) is 11.8 Å². The minimum atomic E-state index is -0.754. The molecular formula is C66H122N2O9. The smallest absolute Gasteiger partial charge is 0.498 e. The van der Waals surface area contributed by atoms with Gasteiger partial charge in [0.2, 0.25) is 0 Å². The average Bonchev–Trinajstić information content (AvgIpc) is 3.42. The van der Waals surface area contributed by atoms with Crippen molar-refractivity contribution in [3.05, 3.63) is 48.8 Å². The lowest BCUT2D eigenvalue weighted by atomic mass is 9.97. The van der Waals surface area contributed by atoms with Gasteiger partial charge in [-0.1, -0.05) is 207 Å². The largest absolute Gasteiger partial charge is 0.508 e. The first-order valence-electron chi connectivity index (χ1n) is 32.1. The monoisotopic (exact) mass is 1090 g/mol. The molecule has 0 fully saturated rings. The van der Waals surface area contributed by atoms with Crippen molar-refractivity contribution in [1.82, 2.24) is 10.2 Å². The van der Waals surface area contributed by atoms with Crippen LogP contribution in [0, 0.1) is 11.8 Å². The SMILES string of the molecule is C=C(CCCCCCC/C=C\C/C=C\CCCCC)OCC(COC(=O)CCC(OCCCCCCCC)C(C)CC)COC(=O)OCCCN(CC)CCCNC(=O)OC1CC/C=C/CCC1.CCCCCCCCC. The number of hydrogen-bond acceptors (Lipinski definition) is 10. The highest BCUT2D eigenvalue weighted by molar-refractivity contribution is 5.69. The number of allylic oxidation sites excluding steroid dienone is 7. The Bertz CT molecular complexity index is 1430. The van der Waals surface area contributed by atoms with Crippen molar-refractivity contribution in [2.75, 3.05) is 59.2 Å². The lowest BCUT2D eigenvalue weighted by Gasteiger charge is -2.23. The first kappa shape index (κ1) is 73.7. The number of nitrogens with one attached hydrogen (secondary N) is 1. The predicted octanol–water partition coefficient (Wildman–Crippen LogP) is 18.7. The molecule has 0 saturated carbocycles. The number of carbonyl (C=O) groups excluding carboxylic acids is 3. The fraction of sp³-hybridized carbons (Fsp3) is 0.833. The van der Waals surface area contributed by atoms with Crippen LogP contribution < -0.4 is 5.32 Å². The van der Waals surface area contributed by atoms with Gasteiger partial charge in [0.15, 0.2) is 0 Å². The predicted molar refractivity (Wildman–Crippen MR) is 324 cm³/mol. The van der Waals surface area contributed by atoms with E-state index in [0.717, 1.165) is 110 Å². The Morgan fingerprint density at radius 3 is 1.84 bits per heavy atom. The van der Waals surface area contributed by atoms with Crippen molar-refractivity contribution in [1.29, 1.82) is 0 Å². The van der Waals surface area contributed by atoms with Crippen LogP contribution in [0.25, 0.3) is 0 Å². The van der Waals surface area contributed by atoms with Crippen molar-refractivity contribution in [2.45, 2.75) is 285 Å². The van der Waals surface area contributed by atoms with Gasteiger partial charge in [-0.3, -0.25) is 4.79 Å². The zero-order chi connectivity index (χ0) is 56.5. The van der Waals surface area contributed by atoms with Crippen molar-refractivity contribution in [3.63, 3.8) is 0 Å². The summed E-state index contributed by atoms with van der Waals surface area (Å²) in [5.74, 6) is 0.361. The first-order chi connectivity index (χ1) is 37.6. The second-order valence-corrected chi connectivity index (χ2v) is 21.7. The molecule has 1 rings (SSSR count). The topological polar surface area (TPSA) is 122 Å². The average molecular weight is 1090 g/mol. The molecule has 450 valence electrons. The first-order valence-corrected chi connectivity index (χ1v) is 32.1. The van der Waals surface area contributed by atoms with Crippen LogP contribution in [0.4, 0.5) is 9.59 Å². The molecule has 0 spiro atoms. The number of esters is 1. The van der Waals surface area contributed by atoms with E-state index in [1.165, 1.54) is 122 Å². The third-order valence-corrected chi connectivity index (χ3v) is 14.5. The molecule has 4 atom stereocenters. The van der Waals surface area contributed by atoms with Gasteiger partial charge < -0.3 is 38.6 Å². The Balaban J connectivity index is 0.00000583. The van der Waals surface area contributed by atoms with Crippen LogP contribution in [-0.2, 0) is 33.2 Å². The number of alkyl carbamates (subject to hydrolysis) is 1. The highest BCUT2D eigenvalue weighted by atomic mass is 16.7. The molecule has 1 N–H and O–H groups in total. The second kappa shape index (κ2) is 57.4. The van der Waals surface area contributed by atoms with E-state index in [-0.39, 0.29) is 63.0 Å². The summed E-state index contributed by atoms with van der Waals surface area (Å²) in [5.41, 5.74) is 0. The maximum absolute atomic E-state index is 13.0. The van der Waals surface area contributed by atoms with E-state index in [1.54, 1.807) is 0 Å². The van der Waals surface area contributed by atoms with E-state index in [2.05, 4.69) is 102 Å². The van der Waals surface area contributed by atoms with Crippen molar-refractivity contribution in [3.8, 4) is 0 Å². The molecule has 0 aromatic carbocycles. The van der Waals surface area contributed by atoms with Gasteiger partial charge >= 0.3 is 18.2 Å². The molecule has 0 aromatic rings. The highest BCUT2D eigenvalue weighted by Crippen LogP contribution is 2.20. The summed E-state index contributed by atoms with van der Waals surface area (Å²) >= 11 is 0. The van der Waals surface area contributed by atoms with Gasteiger partial charge in [0.1, 0.15) is 19.3 Å². The molecule has 0 heterocycles. The Morgan fingerprint density at radius 2 is 1.18 bits per heavy atom. The summed E-state index contributed by atoms with van der Waals surface area (Å²) < 4.78 is 34.7. The summed E-state index contributed by atoms with van der Waals surface area (Å²) in [5, 5.41) is 2.90. The quantitative estimate of drug-likeness (QED) is 0.0207. The van der Waals surface area contributed by atoms with Gasteiger partial charge in [-0.15, -0.1) is 0 Å². The Hall–Kier alpha value is -3.31. The molecule has 0 radical (unpaired) electrons. The van der Waals surface area contributed by atoms with Crippen LogP contribution in [0.15, 0.2) is 48.8 Å². The van der Waals surface area contributed by atoms with Crippen LogP contribution in [-0.4, -0.2) is 94.5 Å². The van der Waals surface area contributed by atoms with Crippen molar-refractivity contribution >= 4 is 18.2 Å². The van der Waals surface area contributed by atoms with Crippen molar-refractivity contribution < 1.29 is 42.8 Å². The van der Waals surface area contributed by atoms with Gasteiger partial charge in [-0.05, 0) is 115 Å². The molecule has 4 unspecified atom stereocenters. The number of unbranched alkanes of at least 4 members (excludes halogenated alkanes) is 19. The summed E-state index contributed by atoms with van der Waals surface area (Å²) in [4.78, 5) is 40.3. The standard InChI is InChI=1S/C57H102N2O9.C9H20/c1-7-11-13-15-17-18-19-20-21-22-23-24-25-27-31-37-51(6)65-47-52(48-66-55(60)41-40-54(50(5)9-3)63-45-34-30-16-14-12-8-2)49-67-57(62)64-46-36-44-59(10-4)43-35-42-58-56(61)68-53-38-32-28-26-29-33-39-53;1-3-5-7-9-8-6-4-2/h17-18,20-21,26,28,50,52-54H,6-16,19,22-25,27,29-49H2,1-5H3,(H,58,61);3-9H2,1-2H3/b18-17-,21-20-,28-26+;. The lowest BCUT2D eigenvalue weighted by molar-refractivity contribution is -0.147.